The first kappa shape index (κ1) is 23.3. The Balaban J connectivity index is 2.11. The Morgan fingerprint density at radius 1 is 1.30 bits per heavy atom. The topological polar surface area (TPSA) is 191 Å². The first-order chi connectivity index (χ1) is 14.1. The summed E-state index contributed by atoms with van der Waals surface area (Å²) >= 11 is 0. The Morgan fingerprint density at radius 2 is 2.00 bits per heavy atom. The minimum absolute atomic E-state index is 0.0707. The maximum absolute atomic E-state index is 13.0. The van der Waals surface area contributed by atoms with Crippen LogP contribution >= 0.6 is 0 Å². The fourth-order valence-corrected chi connectivity index (χ4v) is 3.19. The predicted octanol–water partition coefficient (Wildman–Crippen LogP) is -2.27. The lowest BCUT2D eigenvalue weighted by Crippen LogP contribution is -2.57. The van der Waals surface area contributed by atoms with Crippen LogP contribution in [-0.2, 0) is 25.6 Å². The van der Waals surface area contributed by atoms with Crippen LogP contribution in [0, 0.1) is 0 Å². The van der Waals surface area contributed by atoms with Gasteiger partial charge in [0.25, 0.3) is 0 Å². The quantitative estimate of drug-likeness (QED) is 0.255. The molecule has 1 aromatic rings. The van der Waals surface area contributed by atoms with Crippen molar-refractivity contribution in [2.45, 2.75) is 63.4 Å². The summed E-state index contributed by atoms with van der Waals surface area (Å²) in [7, 11) is 0. The lowest BCUT2D eigenvalue weighted by atomic mass is 10.1. The Morgan fingerprint density at radius 3 is 2.57 bits per heavy atom. The maximum Gasteiger partial charge on any atom is 0.326 e. The third kappa shape index (κ3) is 5.76. The van der Waals surface area contributed by atoms with E-state index in [1.54, 1.807) is 0 Å². The number of aliphatic hydroxyl groups is 1. The first-order valence-electron chi connectivity index (χ1n) is 9.66. The number of hydrogen-bond donors (Lipinski definition) is 6. The summed E-state index contributed by atoms with van der Waals surface area (Å²) in [6.45, 7) is 3.04. The number of aliphatic hydroxyl groups excluding tert-OH is 1. The normalized spacial score (nSPS) is 20.1. The SMILES string of the molecule is CC(NC(=O)C(N)C(C)O)C(=O)NC(Cc1cnc[nH]1)C(=O)N1CCCC1C(=O)O. The van der Waals surface area contributed by atoms with E-state index < -0.39 is 54.0 Å². The molecular weight excluding hydrogens is 396 g/mol. The Labute approximate surface area is 173 Å². The number of aromatic nitrogens is 2. The van der Waals surface area contributed by atoms with Crippen molar-refractivity contribution in [3.05, 3.63) is 18.2 Å². The van der Waals surface area contributed by atoms with Gasteiger partial charge < -0.3 is 36.5 Å². The molecule has 1 aromatic heterocycles. The largest absolute Gasteiger partial charge is 0.480 e. The van der Waals surface area contributed by atoms with Gasteiger partial charge in [-0.3, -0.25) is 14.4 Å². The molecule has 0 spiro atoms. The van der Waals surface area contributed by atoms with Crippen LogP contribution in [0.25, 0.3) is 0 Å². The summed E-state index contributed by atoms with van der Waals surface area (Å²) in [5, 5.41) is 23.7. The molecule has 12 nitrogen and oxygen atoms in total. The number of aliphatic carboxylic acids is 1. The molecule has 166 valence electrons. The highest BCUT2D eigenvalue weighted by Crippen LogP contribution is 2.19. The van der Waals surface area contributed by atoms with Crippen molar-refractivity contribution < 1.29 is 29.4 Å². The molecule has 5 atom stereocenters. The molecule has 7 N–H and O–H groups in total. The summed E-state index contributed by atoms with van der Waals surface area (Å²) in [5.74, 6) is -2.98. The fourth-order valence-electron chi connectivity index (χ4n) is 3.19. The number of nitrogens with two attached hydrogens (primary N) is 1. The first-order valence-corrected chi connectivity index (χ1v) is 9.66. The van der Waals surface area contributed by atoms with Crippen LogP contribution in [0.1, 0.15) is 32.4 Å². The smallest absolute Gasteiger partial charge is 0.326 e. The van der Waals surface area contributed by atoms with Crippen molar-refractivity contribution >= 4 is 23.7 Å². The van der Waals surface area contributed by atoms with E-state index in [0.717, 1.165) is 0 Å². The molecule has 1 fully saturated rings. The van der Waals surface area contributed by atoms with Gasteiger partial charge in [-0.05, 0) is 26.7 Å². The van der Waals surface area contributed by atoms with Crippen molar-refractivity contribution in [1.82, 2.24) is 25.5 Å². The number of aromatic amines is 1. The van der Waals surface area contributed by atoms with Gasteiger partial charge in [0.05, 0.1) is 12.4 Å². The highest BCUT2D eigenvalue weighted by atomic mass is 16.4. The second-order valence-electron chi connectivity index (χ2n) is 7.37. The number of nitrogens with one attached hydrogen (secondary N) is 3. The van der Waals surface area contributed by atoms with Crippen molar-refractivity contribution in [1.29, 1.82) is 0 Å². The summed E-state index contributed by atoms with van der Waals surface area (Å²) in [5.41, 5.74) is 6.13. The third-order valence-corrected chi connectivity index (χ3v) is 4.99. The van der Waals surface area contributed by atoms with E-state index in [0.29, 0.717) is 18.5 Å². The summed E-state index contributed by atoms with van der Waals surface area (Å²) in [4.78, 5) is 57.0. The number of hydrogen-bond acceptors (Lipinski definition) is 7. The number of carboxylic acid groups (broad SMARTS) is 1. The zero-order chi connectivity index (χ0) is 22.4. The lowest BCUT2D eigenvalue weighted by Gasteiger charge is -2.28. The van der Waals surface area contributed by atoms with Crippen LogP contribution < -0.4 is 16.4 Å². The van der Waals surface area contributed by atoms with Gasteiger partial charge in [0, 0.05) is 24.9 Å². The zero-order valence-electron chi connectivity index (χ0n) is 16.9. The number of rotatable bonds is 9. The van der Waals surface area contributed by atoms with Crippen molar-refractivity contribution in [2.75, 3.05) is 6.54 Å². The van der Waals surface area contributed by atoms with Gasteiger partial charge >= 0.3 is 5.97 Å². The number of likely N-dealkylation sites (tertiary alicyclic amines) is 1. The minimum atomic E-state index is -1.21. The summed E-state index contributed by atoms with van der Waals surface area (Å²) in [6.07, 6.45) is 2.79. The highest BCUT2D eigenvalue weighted by molar-refractivity contribution is 5.94. The second kappa shape index (κ2) is 10.2. The van der Waals surface area contributed by atoms with Gasteiger partial charge in [0.15, 0.2) is 0 Å². The number of nitrogens with zero attached hydrogens (tertiary/aromatic N) is 2. The van der Waals surface area contributed by atoms with E-state index in [-0.39, 0.29) is 13.0 Å². The van der Waals surface area contributed by atoms with Crippen molar-refractivity contribution in [3.8, 4) is 0 Å². The van der Waals surface area contributed by atoms with Gasteiger partial charge in [0.2, 0.25) is 17.7 Å². The van der Waals surface area contributed by atoms with E-state index in [1.807, 2.05) is 0 Å². The second-order valence-corrected chi connectivity index (χ2v) is 7.37. The van der Waals surface area contributed by atoms with Crippen LogP contribution in [-0.4, -0.2) is 85.6 Å². The van der Waals surface area contributed by atoms with E-state index >= 15 is 0 Å². The number of amides is 3. The predicted molar refractivity (Wildman–Crippen MR) is 104 cm³/mol. The Hall–Kier alpha value is -2.99. The molecule has 0 radical (unpaired) electrons. The average molecular weight is 424 g/mol. The minimum Gasteiger partial charge on any atom is -0.480 e. The molecule has 1 aliphatic heterocycles. The van der Waals surface area contributed by atoms with Crippen molar-refractivity contribution in [2.24, 2.45) is 5.73 Å². The average Bonchev–Trinajstić information content (AvgIpc) is 3.37. The van der Waals surface area contributed by atoms with Crippen LogP contribution in [0.15, 0.2) is 12.5 Å². The molecule has 12 heteroatoms. The van der Waals surface area contributed by atoms with Crippen LogP contribution in [0.5, 0.6) is 0 Å². The maximum atomic E-state index is 13.0. The van der Waals surface area contributed by atoms with E-state index in [9.17, 15) is 29.4 Å². The molecule has 2 heterocycles. The molecule has 0 aromatic carbocycles. The molecule has 1 saturated heterocycles. The summed E-state index contributed by atoms with van der Waals surface area (Å²) in [6, 6.07) is -4.24. The van der Waals surface area contributed by atoms with Gasteiger partial charge in [-0.1, -0.05) is 0 Å². The van der Waals surface area contributed by atoms with Crippen LogP contribution in [0.4, 0.5) is 0 Å². The van der Waals surface area contributed by atoms with Gasteiger partial charge in [0.1, 0.15) is 24.2 Å². The van der Waals surface area contributed by atoms with E-state index in [4.69, 9.17) is 5.73 Å². The Kier molecular flexibility index (Phi) is 7.89. The van der Waals surface area contributed by atoms with Gasteiger partial charge in [-0.15, -0.1) is 0 Å². The molecule has 3 amide bonds. The van der Waals surface area contributed by atoms with Gasteiger partial charge in [-0.2, -0.15) is 0 Å². The van der Waals surface area contributed by atoms with E-state index in [2.05, 4.69) is 20.6 Å². The lowest BCUT2D eigenvalue weighted by molar-refractivity contribution is -0.149. The molecule has 0 saturated carbocycles. The molecular formula is C18H28N6O6. The van der Waals surface area contributed by atoms with Crippen LogP contribution in [0.2, 0.25) is 0 Å². The fraction of sp³-hybridized carbons (Fsp3) is 0.611. The van der Waals surface area contributed by atoms with Crippen molar-refractivity contribution in [3.63, 3.8) is 0 Å². The molecule has 5 unspecified atom stereocenters. The monoisotopic (exact) mass is 424 g/mol. The number of carbonyl (C=O) groups excluding carboxylic acids is 3. The highest BCUT2D eigenvalue weighted by Gasteiger charge is 2.38. The Bertz CT molecular complexity index is 767. The number of carboxylic acids is 1. The van der Waals surface area contributed by atoms with Gasteiger partial charge in [-0.25, -0.2) is 9.78 Å². The van der Waals surface area contributed by atoms with Crippen LogP contribution in [0.3, 0.4) is 0 Å². The summed E-state index contributed by atoms with van der Waals surface area (Å²) < 4.78 is 0. The molecule has 0 bridgehead atoms. The number of imidazole rings is 1. The molecule has 30 heavy (non-hydrogen) atoms. The molecule has 0 aliphatic carbocycles. The molecule has 2 rings (SSSR count). The standard InChI is InChI=1S/C18H28N6O6/c1-9(22-16(27)14(19)10(2)25)15(26)23-12(6-11-7-20-8-21-11)17(28)24-5-3-4-13(24)18(29)30/h7-10,12-14,25H,3-6,19H2,1-2H3,(H,20,21)(H,22,27)(H,23,26)(H,29,30). The number of H-pyrrole nitrogens is 1. The molecule has 1 aliphatic rings. The van der Waals surface area contributed by atoms with E-state index in [1.165, 1.54) is 31.3 Å². The number of carbonyl (C=O) groups is 4. The zero-order valence-corrected chi connectivity index (χ0v) is 16.9. The third-order valence-electron chi connectivity index (χ3n) is 4.99.